The first-order valence-corrected chi connectivity index (χ1v) is 10.4. The Labute approximate surface area is 164 Å². The molecule has 1 aliphatic rings. The molecular formula is C21H40N2Zn. The molecule has 24 heavy (non-hydrogen) atoms. The summed E-state index contributed by atoms with van der Waals surface area (Å²) in [6.45, 7) is 5.21. The summed E-state index contributed by atoms with van der Waals surface area (Å²) in [5.41, 5.74) is 1.18. The van der Waals surface area contributed by atoms with Gasteiger partial charge < -0.3 is 0 Å². The van der Waals surface area contributed by atoms with Crippen LogP contribution < -0.4 is 0 Å². The summed E-state index contributed by atoms with van der Waals surface area (Å²) in [6.07, 6.45) is 22.5. The molecule has 136 valence electrons. The molecule has 0 aromatic rings. The molecular weight excluding hydrogens is 346 g/mol. The molecule has 0 aromatic carbocycles. The van der Waals surface area contributed by atoms with Gasteiger partial charge in [-0.25, -0.2) is 4.99 Å². The number of amidine groups is 1. The zero-order valence-electron chi connectivity index (χ0n) is 16.6. The summed E-state index contributed by atoms with van der Waals surface area (Å²) in [7, 11) is 0. The minimum absolute atomic E-state index is 0. The first kappa shape index (κ1) is 24.0. The molecule has 0 amide bonds. The van der Waals surface area contributed by atoms with Gasteiger partial charge in [-0.15, -0.1) is 0 Å². The summed E-state index contributed by atoms with van der Waals surface area (Å²) < 4.78 is 0. The summed E-state index contributed by atoms with van der Waals surface area (Å²) in [5, 5.41) is 0. The normalized spacial score (nSPS) is 13.6. The molecule has 1 heterocycles. The van der Waals surface area contributed by atoms with Gasteiger partial charge in [-0.05, 0) is 13.3 Å². The van der Waals surface area contributed by atoms with E-state index in [-0.39, 0.29) is 19.5 Å². The van der Waals surface area contributed by atoms with Crippen LogP contribution in [-0.2, 0) is 19.5 Å². The molecule has 0 N–H and O–H groups in total. The Bertz CT molecular complexity index is 337. The standard InChI is InChI=1S/C21H40N2.Zn/c1-3-4-5-6-7-8-9-10-11-12-13-14-15-16-17-18-21-22-19-20(2)23-21;/h3-19H2,1-2H3;. The number of unbranched alkanes of at least 4 members (excludes halogenated alkanes) is 14. The fourth-order valence-corrected chi connectivity index (χ4v) is 3.29. The van der Waals surface area contributed by atoms with Crippen molar-refractivity contribution in [1.29, 1.82) is 0 Å². The number of hydrogen-bond acceptors (Lipinski definition) is 2. The van der Waals surface area contributed by atoms with Crippen molar-refractivity contribution in [2.45, 2.75) is 117 Å². The van der Waals surface area contributed by atoms with E-state index in [1.54, 1.807) is 0 Å². The van der Waals surface area contributed by atoms with Gasteiger partial charge in [0.1, 0.15) is 5.84 Å². The second-order valence-electron chi connectivity index (χ2n) is 7.28. The monoisotopic (exact) mass is 384 g/mol. The van der Waals surface area contributed by atoms with Crippen molar-refractivity contribution in [3.05, 3.63) is 0 Å². The van der Waals surface area contributed by atoms with Crippen LogP contribution in [0.15, 0.2) is 9.98 Å². The molecule has 0 radical (unpaired) electrons. The summed E-state index contributed by atoms with van der Waals surface area (Å²) in [5.74, 6) is 1.09. The molecule has 0 fully saturated rings. The second-order valence-corrected chi connectivity index (χ2v) is 7.28. The number of rotatable bonds is 16. The van der Waals surface area contributed by atoms with Gasteiger partial charge in [0.25, 0.3) is 0 Å². The third-order valence-electron chi connectivity index (χ3n) is 4.81. The largest absolute Gasteiger partial charge is 0.264 e. The van der Waals surface area contributed by atoms with Crippen molar-refractivity contribution in [1.82, 2.24) is 0 Å². The van der Waals surface area contributed by atoms with Gasteiger partial charge in [0.2, 0.25) is 0 Å². The fourth-order valence-electron chi connectivity index (χ4n) is 3.29. The van der Waals surface area contributed by atoms with Gasteiger partial charge in [-0.3, -0.25) is 4.99 Å². The molecule has 2 nitrogen and oxygen atoms in total. The molecule has 0 aromatic heterocycles. The fraction of sp³-hybridized carbons (Fsp3) is 0.905. The van der Waals surface area contributed by atoms with Gasteiger partial charge in [0.05, 0.1) is 6.54 Å². The molecule has 0 saturated heterocycles. The van der Waals surface area contributed by atoms with Crippen LogP contribution in [0.2, 0.25) is 0 Å². The van der Waals surface area contributed by atoms with Gasteiger partial charge >= 0.3 is 0 Å². The van der Waals surface area contributed by atoms with Crippen LogP contribution in [0.5, 0.6) is 0 Å². The molecule has 0 saturated carbocycles. The maximum Gasteiger partial charge on any atom is 0.123 e. The molecule has 0 atom stereocenters. The number of nitrogens with zero attached hydrogens (tertiary/aromatic N) is 2. The van der Waals surface area contributed by atoms with Gasteiger partial charge in [0.15, 0.2) is 0 Å². The summed E-state index contributed by atoms with van der Waals surface area (Å²) in [6, 6.07) is 0. The van der Waals surface area contributed by atoms with Crippen LogP contribution >= 0.6 is 0 Å². The first-order chi connectivity index (χ1) is 11.3. The first-order valence-electron chi connectivity index (χ1n) is 10.4. The smallest absolute Gasteiger partial charge is 0.123 e. The van der Waals surface area contributed by atoms with Gasteiger partial charge in [-0.1, -0.05) is 96.8 Å². The Morgan fingerprint density at radius 2 is 1.08 bits per heavy atom. The van der Waals surface area contributed by atoms with E-state index in [0.29, 0.717) is 0 Å². The number of aliphatic imine (C=N–C) groups is 2. The average molecular weight is 386 g/mol. The van der Waals surface area contributed by atoms with Crippen LogP contribution in [0.25, 0.3) is 0 Å². The molecule has 1 rings (SSSR count). The molecule has 0 unspecified atom stereocenters. The van der Waals surface area contributed by atoms with Crippen molar-refractivity contribution in [3.8, 4) is 0 Å². The minimum Gasteiger partial charge on any atom is -0.264 e. The van der Waals surface area contributed by atoms with Crippen LogP contribution in [0.1, 0.15) is 117 Å². The Kier molecular flexibility index (Phi) is 17.7. The van der Waals surface area contributed by atoms with Crippen molar-refractivity contribution in [3.63, 3.8) is 0 Å². The zero-order valence-corrected chi connectivity index (χ0v) is 19.6. The van der Waals surface area contributed by atoms with Crippen molar-refractivity contribution in [2.24, 2.45) is 9.98 Å². The Hall–Kier alpha value is -0.0366. The van der Waals surface area contributed by atoms with Crippen LogP contribution in [0.3, 0.4) is 0 Å². The van der Waals surface area contributed by atoms with Crippen molar-refractivity contribution >= 4 is 11.5 Å². The quantitative estimate of drug-likeness (QED) is 0.199. The average Bonchev–Trinajstić information content (AvgIpc) is 2.96. The zero-order chi connectivity index (χ0) is 16.6. The summed E-state index contributed by atoms with van der Waals surface area (Å²) >= 11 is 0. The van der Waals surface area contributed by atoms with Gasteiger partial charge in [0, 0.05) is 31.6 Å². The predicted octanol–water partition coefficient (Wildman–Crippen LogP) is 7.12. The third kappa shape index (κ3) is 14.3. The predicted molar refractivity (Wildman–Crippen MR) is 105 cm³/mol. The van der Waals surface area contributed by atoms with E-state index in [9.17, 15) is 0 Å². The maximum absolute atomic E-state index is 4.46. The third-order valence-corrected chi connectivity index (χ3v) is 4.81. The summed E-state index contributed by atoms with van der Waals surface area (Å²) in [4.78, 5) is 8.89. The topological polar surface area (TPSA) is 24.7 Å². The van der Waals surface area contributed by atoms with E-state index >= 15 is 0 Å². The minimum atomic E-state index is 0. The number of hydrogen-bond donors (Lipinski definition) is 0. The molecule has 0 spiro atoms. The maximum atomic E-state index is 4.46. The van der Waals surface area contributed by atoms with E-state index < -0.39 is 0 Å². The molecule has 1 aliphatic heterocycles. The Morgan fingerprint density at radius 1 is 0.667 bits per heavy atom. The van der Waals surface area contributed by atoms with Crippen molar-refractivity contribution in [2.75, 3.05) is 6.54 Å². The van der Waals surface area contributed by atoms with E-state index in [1.165, 1.54) is 102 Å². The van der Waals surface area contributed by atoms with Crippen LogP contribution in [0.4, 0.5) is 0 Å². The van der Waals surface area contributed by atoms with E-state index in [0.717, 1.165) is 18.8 Å². The Balaban J connectivity index is 0.00000529. The van der Waals surface area contributed by atoms with Crippen LogP contribution in [-0.4, -0.2) is 18.1 Å². The van der Waals surface area contributed by atoms with Crippen LogP contribution in [0, 0.1) is 0 Å². The van der Waals surface area contributed by atoms with Gasteiger partial charge in [-0.2, -0.15) is 0 Å². The molecule has 0 bridgehead atoms. The van der Waals surface area contributed by atoms with E-state index in [1.807, 2.05) is 0 Å². The second kappa shape index (κ2) is 17.8. The van der Waals surface area contributed by atoms with E-state index in [4.69, 9.17) is 0 Å². The van der Waals surface area contributed by atoms with E-state index in [2.05, 4.69) is 23.8 Å². The molecule has 3 heteroatoms. The SMILES string of the molecule is CCCCCCCCCCCCCCCCCC1=NCC(C)=N1.[Zn]. The Morgan fingerprint density at radius 3 is 1.46 bits per heavy atom. The molecule has 0 aliphatic carbocycles. The van der Waals surface area contributed by atoms with Crippen molar-refractivity contribution < 1.29 is 19.5 Å².